The standard InChI is InChI=1S/C45H88NO8P/c1-3-5-7-9-11-13-15-17-19-20-21-22-24-25-27-29-31-33-35-37-44(47)51-41-43(42-53-55(49,50)52-40-39-46)54-45(48)38-36-34-32-30-28-26-23-18-16-14-12-10-8-6-4-2/h32,34,43H,3-31,33,35-42,46H2,1-2H3,(H,49,50)/b34-32-. The minimum Gasteiger partial charge on any atom is -0.462 e. The average molecular weight is 802 g/mol. The predicted molar refractivity (Wildman–Crippen MR) is 229 cm³/mol. The van der Waals surface area contributed by atoms with E-state index in [0.717, 1.165) is 32.1 Å². The summed E-state index contributed by atoms with van der Waals surface area (Å²) in [4.78, 5) is 34.9. The van der Waals surface area contributed by atoms with Gasteiger partial charge in [0.15, 0.2) is 6.10 Å². The second-order valence-corrected chi connectivity index (χ2v) is 17.1. The monoisotopic (exact) mass is 802 g/mol. The third kappa shape index (κ3) is 42.2. The molecule has 0 fully saturated rings. The van der Waals surface area contributed by atoms with Gasteiger partial charge < -0.3 is 20.1 Å². The summed E-state index contributed by atoms with van der Waals surface area (Å²) in [6.45, 7) is 3.73. The predicted octanol–water partition coefficient (Wildman–Crippen LogP) is 13.4. The van der Waals surface area contributed by atoms with Gasteiger partial charge in [0, 0.05) is 19.4 Å². The molecule has 0 saturated carbocycles. The number of esters is 2. The average Bonchev–Trinajstić information content (AvgIpc) is 3.17. The van der Waals surface area contributed by atoms with Crippen LogP contribution in [0.1, 0.15) is 232 Å². The van der Waals surface area contributed by atoms with Gasteiger partial charge >= 0.3 is 19.8 Å². The Bertz CT molecular complexity index is 917. The van der Waals surface area contributed by atoms with Crippen molar-refractivity contribution in [2.24, 2.45) is 5.73 Å². The van der Waals surface area contributed by atoms with Crippen molar-refractivity contribution in [2.75, 3.05) is 26.4 Å². The normalized spacial score (nSPS) is 13.3. The first-order valence-electron chi connectivity index (χ1n) is 23.2. The maximum atomic E-state index is 12.6. The third-order valence-electron chi connectivity index (χ3n) is 10.2. The molecule has 0 aliphatic carbocycles. The van der Waals surface area contributed by atoms with E-state index in [1.54, 1.807) is 0 Å². The molecule has 2 unspecified atom stereocenters. The highest BCUT2D eigenvalue weighted by molar-refractivity contribution is 7.47. The second-order valence-electron chi connectivity index (χ2n) is 15.6. The highest BCUT2D eigenvalue weighted by Gasteiger charge is 2.25. The van der Waals surface area contributed by atoms with Crippen molar-refractivity contribution in [3.63, 3.8) is 0 Å². The lowest BCUT2D eigenvalue weighted by atomic mass is 10.0. The Labute approximate surface area is 339 Å². The molecule has 0 radical (unpaired) electrons. The molecule has 9 nitrogen and oxygen atoms in total. The molecule has 0 aromatic carbocycles. The summed E-state index contributed by atoms with van der Waals surface area (Å²) in [5.41, 5.74) is 5.35. The van der Waals surface area contributed by atoms with Gasteiger partial charge in [0.1, 0.15) is 6.61 Å². The van der Waals surface area contributed by atoms with Crippen LogP contribution in [0.15, 0.2) is 12.2 Å². The fraction of sp³-hybridized carbons (Fsp3) is 0.911. The number of phosphoric ester groups is 1. The largest absolute Gasteiger partial charge is 0.472 e. The smallest absolute Gasteiger partial charge is 0.462 e. The number of nitrogens with two attached hydrogens (primary N) is 1. The zero-order chi connectivity index (χ0) is 40.3. The van der Waals surface area contributed by atoms with Crippen LogP contribution in [0.5, 0.6) is 0 Å². The van der Waals surface area contributed by atoms with E-state index in [1.165, 1.54) is 167 Å². The number of hydrogen-bond donors (Lipinski definition) is 2. The van der Waals surface area contributed by atoms with Crippen LogP contribution in [0, 0.1) is 0 Å². The van der Waals surface area contributed by atoms with Gasteiger partial charge in [-0.1, -0.05) is 206 Å². The van der Waals surface area contributed by atoms with Crippen LogP contribution in [0.4, 0.5) is 0 Å². The first kappa shape index (κ1) is 53.8. The van der Waals surface area contributed by atoms with E-state index < -0.39 is 26.5 Å². The summed E-state index contributed by atoms with van der Waals surface area (Å²) < 4.78 is 32.8. The molecule has 0 aliphatic heterocycles. The van der Waals surface area contributed by atoms with Crippen molar-refractivity contribution in [3.8, 4) is 0 Å². The highest BCUT2D eigenvalue weighted by Crippen LogP contribution is 2.43. The summed E-state index contributed by atoms with van der Waals surface area (Å²) in [7, 11) is -4.38. The summed E-state index contributed by atoms with van der Waals surface area (Å²) >= 11 is 0. The van der Waals surface area contributed by atoms with Crippen LogP contribution in [-0.2, 0) is 32.7 Å². The lowest BCUT2D eigenvalue weighted by Gasteiger charge is -2.19. The van der Waals surface area contributed by atoms with Crippen LogP contribution in [0.3, 0.4) is 0 Å². The van der Waals surface area contributed by atoms with Crippen molar-refractivity contribution in [3.05, 3.63) is 12.2 Å². The zero-order valence-corrected chi connectivity index (χ0v) is 36.8. The molecule has 3 N–H and O–H groups in total. The minimum absolute atomic E-state index is 0.0518. The molecule has 0 bridgehead atoms. The number of phosphoric acid groups is 1. The van der Waals surface area contributed by atoms with E-state index >= 15 is 0 Å². The molecule has 0 aliphatic rings. The molecule has 0 heterocycles. The number of unbranched alkanes of at least 4 members (excludes halogenated alkanes) is 29. The fourth-order valence-corrected chi connectivity index (χ4v) is 7.48. The molecule has 0 rings (SSSR count). The van der Waals surface area contributed by atoms with Gasteiger partial charge in [0.25, 0.3) is 0 Å². The first-order valence-corrected chi connectivity index (χ1v) is 24.7. The van der Waals surface area contributed by atoms with Gasteiger partial charge in [-0.15, -0.1) is 0 Å². The molecule has 0 aromatic rings. The molecule has 0 aromatic heterocycles. The van der Waals surface area contributed by atoms with Crippen LogP contribution in [-0.4, -0.2) is 49.3 Å². The zero-order valence-electron chi connectivity index (χ0n) is 35.9. The lowest BCUT2D eigenvalue weighted by molar-refractivity contribution is -0.161. The number of carbonyl (C=O) groups excluding carboxylic acids is 2. The van der Waals surface area contributed by atoms with Crippen LogP contribution in [0.2, 0.25) is 0 Å². The molecular weight excluding hydrogens is 713 g/mol. The Hall–Kier alpha value is -1.25. The molecule has 55 heavy (non-hydrogen) atoms. The van der Waals surface area contributed by atoms with E-state index in [2.05, 4.69) is 19.9 Å². The topological polar surface area (TPSA) is 134 Å². The van der Waals surface area contributed by atoms with Gasteiger partial charge in [-0.25, -0.2) is 4.57 Å². The molecule has 0 saturated heterocycles. The number of allylic oxidation sites excluding steroid dienone is 2. The van der Waals surface area contributed by atoms with Crippen LogP contribution >= 0.6 is 7.82 Å². The summed E-state index contributed by atoms with van der Waals surface area (Å²) in [5, 5.41) is 0. The van der Waals surface area contributed by atoms with E-state index in [9.17, 15) is 19.0 Å². The fourth-order valence-electron chi connectivity index (χ4n) is 6.71. The van der Waals surface area contributed by atoms with Gasteiger partial charge in [-0.3, -0.25) is 18.6 Å². The molecule has 10 heteroatoms. The Morgan fingerprint density at radius 2 is 0.927 bits per heavy atom. The number of rotatable bonds is 44. The van der Waals surface area contributed by atoms with E-state index in [0.29, 0.717) is 6.42 Å². The van der Waals surface area contributed by atoms with Gasteiger partial charge in [-0.05, 0) is 25.7 Å². The number of ether oxygens (including phenoxy) is 2. The third-order valence-corrected chi connectivity index (χ3v) is 11.1. The quantitative estimate of drug-likeness (QED) is 0.0267. The maximum absolute atomic E-state index is 12.6. The van der Waals surface area contributed by atoms with Crippen molar-refractivity contribution in [2.45, 2.75) is 238 Å². The van der Waals surface area contributed by atoms with Crippen molar-refractivity contribution >= 4 is 19.8 Å². The Balaban J connectivity index is 4.09. The summed E-state index contributed by atoms with van der Waals surface area (Å²) in [6.07, 6.45) is 44.0. The molecule has 0 amide bonds. The van der Waals surface area contributed by atoms with Gasteiger partial charge in [-0.2, -0.15) is 0 Å². The van der Waals surface area contributed by atoms with Crippen molar-refractivity contribution in [1.29, 1.82) is 0 Å². The Kier molecular flexibility index (Phi) is 41.4. The van der Waals surface area contributed by atoms with Crippen molar-refractivity contribution < 1.29 is 37.6 Å². The van der Waals surface area contributed by atoms with E-state index in [4.69, 9.17) is 24.3 Å². The second kappa shape index (κ2) is 42.4. The summed E-state index contributed by atoms with van der Waals surface area (Å²) in [6, 6.07) is 0. The van der Waals surface area contributed by atoms with Crippen molar-refractivity contribution in [1.82, 2.24) is 0 Å². The van der Waals surface area contributed by atoms with Gasteiger partial charge in [0.2, 0.25) is 0 Å². The first-order chi connectivity index (χ1) is 26.8. The minimum atomic E-state index is -4.38. The molecular formula is C45H88NO8P. The molecule has 326 valence electrons. The Morgan fingerprint density at radius 3 is 1.36 bits per heavy atom. The Morgan fingerprint density at radius 1 is 0.527 bits per heavy atom. The van der Waals surface area contributed by atoms with E-state index in [-0.39, 0.29) is 38.6 Å². The van der Waals surface area contributed by atoms with E-state index in [1.807, 2.05) is 6.08 Å². The van der Waals surface area contributed by atoms with Crippen LogP contribution < -0.4 is 5.73 Å². The maximum Gasteiger partial charge on any atom is 0.472 e. The number of carbonyl (C=O) groups is 2. The van der Waals surface area contributed by atoms with Gasteiger partial charge in [0.05, 0.1) is 13.2 Å². The highest BCUT2D eigenvalue weighted by atomic mass is 31.2. The lowest BCUT2D eigenvalue weighted by Crippen LogP contribution is -2.29. The SMILES string of the molecule is CCCCCCCCCCCCC/C=C\CCC(=O)OC(COC(=O)CCCCCCCCCCCCCCCCCCCCC)COP(=O)(O)OCCN. The molecule has 0 spiro atoms. The summed E-state index contributed by atoms with van der Waals surface area (Å²) in [5.74, 6) is -0.872. The number of hydrogen-bond acceptors (Lipinski definition) is 8. The van der Waals surface area contributed by atoms with Crippen LogP contribution in [0.25, 0.3) is 0 Å². The molecule has 2 atom stereocenters.